The molecule has 0 fully saturated rings. The van der Waals surface area contributed by atoms with E-state index in [-0.39, 0.29) is 18.6 Å². The van der Waals surface area contributed by atoms with Gasteiger partial charge >= 0.3 is 0 Å². The second-order valence-corrected chi connectivity index (χ2v) is 5.05. The molecule has 17 heavy (non-hydrogen) atoms. The molecule has 3 unspecified atom stereocenters. The molecule has 0 aromatic heterocycles. The first-order chi connectivity index (χ1) is 8.13. The van der Waals surface area contributed by atoms with E-state index in [0.717, 1.165) is 18.4 Å². The Labute approximate surface area is 102 Å². The van der Waals surface area contributed by atoms with E-state index in [2.05, 4.69) is 18.3 Å². The number of phenols is 1. The molecule has 0 aliphatic heterocycles. The Morgan fingerprint density at radius 1 is 1.41 bits per heavy atom. The minimum atomic E-state index is 0.202. The van der Waals surface area contributed by atoms with Crippen molar-refractivity contribution in [2.45, 2.75) is 38.8 Å². The number of phenolic OH excluding ortho intramolecular Hbond substituents is 1. The van der Waals surface area contributed by atoms with Crippen molar-refractivity contribution in [1.82, 2.24) is 5.32 Å². The number of aromatic hydroxyl groups is 1. The van der Waals surface area contributed by atoms with Gasteiger partial charge in [-0.05, 0) is 42.9 Å². The van der Waals surface area contributed by atoms with Crippen LogP contribution in [-0.4, -0.2) is 22.9 Å². The van der Waals surface area contributed by atoms with Gasteiger partial charge in [0.2, 0.25) is 0 Å². The van der Waals surface area contributed by atoms with Crippen molar-refractivity contribution in [3.05, 3.63) is 29.3 Å². The first-order valence-electron chi connectivity index (χ1n) is 6.31. The Bertz CT molecular complexity index is 392. The summed E-state index contributed by atoms with van der Waals surface area (Å²) in [6.45, 7) is 4.34. The predicted molar refractivity (Wildman–Crippen MR) is 68.0 cm³/mol. The van der Waals surface area contributed by atoms with Gasteiger partial charge in [-0.15, -0.1) is 0 Å². The maximum Gasteiger partial charge on any atom is 0.119 e. The van der Waals surface area contributed by atoms with Gasteiger partial charge in [0.1, 0.15) is 5.75 Å². The maximum absolute atomic E-state index is 9.77. The number of fused-ring (bicyclic) bond motifs is 1. The third-order valence-electron chi connectivity index (χ3n) is 3.85. The number of nitrogens with one attached hydrogen (secondary N) is 1. The predicted octanol–water partition coefficient (Wildman–Crippen LogP) is 1.99. The van der Waals surface area contributed by atoms with Crippen molar-refractivity contribution in [2.75, 3.05) is 6.61 Å². The van der Waals surface area contributed by atoms with E-state index in [9.17, 15) is 5.11 Å². The molecule has 0 bridgehead atoms. The Morgan fingerprint density at radius 3 is 2.88 bits per heavy atom. The van der Waals surface area contributed by atoms with Crippen LogP contribution in [0.2, 0.25) is 0 Å². The van der Waals surface area contributed by atoms with E-state index in [4.69, 9.17) is 5.11 Å². The highest BCUT2D eigenvalue weighted by Gasteiger charge is 2.26. The van der Waals surface area contributed by atoms with Gasteiger partial charge in [-0.1, -0.05) is 19.1 Å². The van der Waals surface area contributed by atoms with Crippen molar-refractivity contribution in [3.8, 4) is 5.75 Å². The van der Waals surface area contributed by atoms with Crippen LogP contribution in [0.5, 0.6) is 5.75 Å². The molecule has 1 aromatic rings. The molecule has 1 aliphatic rings. The summed E-state index contributed by atoms with van der Waals surface area (Å²) >= 11 is 0. The molecule has 3 heteroatoms. The van der Waals surface area contributed by atoms with Crippen LogP contribution in [0.25, 0.3) is 0 Å². The van der Waals surface area contributed by atoms with Crippen molar-refractivity contribution < 1.29 is 10.2 Å². The molecule has 0 amide bonds. The number of hydrogen-bond donors (Lipinski definition) is 3. The van der Waals surface area contributed by atoms with Gasteiger partial charge in [-0.25, -0.2) is 0 Å². The van der Waals surface area contributed by atoms with E-state index < -0.39 is 0 Å². The Hall–Kier alpha value is -1.06. The van der Waals surface area contributed by atoms with Crippen molar-refractivity contribution in [2.24, 2.45) is 5.92 Å². The largest absolute Gasteiger partial charge is 0.508 e. The second kappa shape index (κ2) is 5.07. The molecule has 0 spiro atoms. The van der Waals surface area contributed by atoms with Crippen LogP contribution in [0.1, 0.15) is 37.4 Å². The molecule has 0 heterocycles. The lowest BCUT2D eigenvalue weighted by atomic mass is 10.0. The highest BCUT2D eigenvalue weighted by molar-refractivity contribution is 5.44. The van der Waals surface area contributed by atoms with Gasteiger partial charge in [0, 0.05) is 18.7 Å². The quantitative estimate of drug-likeness (QED) is 0.748. The molecule has 3 nitrogen and oxygen atoms in total. The van der Waals surface area contributed by atoms with Gasteiger partial charge in [-0.3, -0.25) is 0 Å². The van der Waals surface area contributed by atoms with Crippen molar-refractivity contribution >= 4 is 0 Å². The smallest absolute Gasteiger partial charge is 0.119 e. The van der Waals surface area contributed by atoms with E-state index in [0.29, 0.717) is 11.8 Å². The summed E-state index contributed by atoms with van der Waals surface area (Å²) in [5.74, 6) is 0.658. The van der Waals surface area contributed by atoms with E-state index in [1.165, 1.54) is 5.56 Å². The molecular weight excluding hydrogens is 214 g/mol. The van der Waals surface area contributed by atoms with Gasteiger partial charge < -0.3 is 15.5 Å². The molecule has 3 atom stereocenters. The summed E-state index contributed by atoms with van der Waals surface area (Å²) in [6, 6.07) is 6.31. The Balaban J connectivity index is 2.10. The zero-order valence-electron chi connectivity index (χ0n) is 10.5. The van der Waals surface area contributed by atoms with Gasteiger partial charge in [0.05, 0.1) is 0 Å². The number of aliphatic hydroxyl groups excluding tert-OH is 1. The van der Waals surface area contributed by atoms with Crippen LogP contribution in [0, 0.1) is 5.92 Å². The minimum absolute atomic E-state index is 0.202. The first-order valence-corrected chi connectivity index (χ1v) is 6.31. The summed E-state index contributed by atoms with van der Waals surface area (Å²) in [7, 11) is 0. The molecule has 1 aliphatic carbocycles. The molecule has 0 radical (unpaired) electrons. The van der Waals surface area contributed by atoms with Crippen LogP contribution in [-0.2, 0) is 6.42 Å². The fourth-order valence-electron chi connectivity index (χ4n) is 2.45. The molecule has 94 valence electrons. The summed E-state index contributed by atoms with van der Waals surface area (Å²) in [4.78, 5) is 0. The molecule has 0 saturated carbocycles. The zero-order valence-corrected chi connectivity index (χ0v) is 10.5. The lowest BCUT2D eigenvalue weighted by Crippen LogP contribution is -2.36. The van der Waals surface area contributed by atoms with Crippen molar-refractivity contribution in [1.29, 1.82) is 0 Å². The topological polar surface area (TPSA) is 52.5 Å². The van der Waals surface area contributed by atoms with Crippen LogP contribution in [0.4, 0.5) is 0 Å². The van der Waals surface area contributed by atoms with Gasteiger partial charge in [0.25, 0.3) is 0 Å². The number of hydrogen-bond acceptors (Lipinski definition) is 3. The average molecular weight is 235 g/mol. The lowest BCUT2D eigenvalue weighted by molar-refractivity contribution is 0.200. The summed E-state index contributed by atoms with van der Waals surface area (Å²) in [6.07, 6.45) is 1.95. The van der Waals surface area contributed by atoms with Crippen LogP contribution < -0.4 is 5.32 Å². The standard InChI is InChI=1S/C14H21NO2/c1-9(8-16)10(2)15-13-7-6-12-11(13)4-3-5-14(12)17/h3-5,9-10,13,15-17H,6-8H2,1-2H3. The normalized spacial score (nSPS) is 22.2. The lowest BCUT2D eigenvalue weighted by Gasteiger charge is -2.24. The third kappa shape index (κ3) is 2.45. The van der Waals surface area contributed by atoms with Crippen LogP contribution in [0.3, 0.4) is 0 Å². The van der Waals surface area contributed by atoms with Crippen LogP contribution in [0.15, 0.2) is 18.2 Å². The fraction of sp³-hybridized carbons (Fsp3) is 0.571. The van der Waals surface area contributed by atoms with Gasteiger partial charge in [0.15, 0.2) is 0 Å². The number of rotatable bonds is 4. The van der Waals surface area contributed by atoms with Crippen molar-refractivity contribution in [3.63, 3.8) is 0 Å². The highest BCUT2D eigenvalue weighted by atomic mass is 16.3. The van der Waals surface area contributed by atoms with Crippen LogP contribution >= 0.6 is 0 Å². The first kappa shape index (κ1) is 12.4. The zero-order chi connectivity index (χ0) is 12.4. The molecule has 0 saturated heterocycles. The fourth-order valence-corrected chi connectivity index (χ4v) is 2.45. The summed E-state index contributed by atoms with van der Waals surface area (Å²) in [5, 5.41) is 22.5. The monoisotopic (exact) mass is 235 g/mol. The van der Waals surface area contributed by atoms with E-state index in [1.54, 1.807) is 6.07 Å². The Morgan fingerprint density at radius 2 is 2.18 bits per heavy atom. The number of benzene rings is 1. The molecule has 1 aromatic carbocycles. The minimum Gasteiger partial charge on any atom is -0.508 e. The summed E-state index contributed by atoms with van der Waals surface area (Å²) in [5.41, 5.74) is 2.29. The second-order valence-electron chi connectivity index (χ2n) is 5.05. The maximum atomic E-state index is 9.77. The molecule has 2 rings (SSSR count). The highest BCUT2D eigenvalue weighted by Crippen LogP contribution is 2.36. The molecule has 3 N–H and O–H groups in total. The van der Waals surface area contributed by atoms with E-state index >= 15 is 0 Å². The molecular formula is C14H21NO2. The number of aliphatic hydroxyl groups is 1. The average Bonchev–Trinajstić information content (AvgIpc) is 2.73. The van der Waals surface area contributed by atoms with E-state index in [1.807, 2.05) is 13.0 Å². The SMILES string of the molecule is CC(CO)C(C)NC1CCc2c(O)cccc21. The third-order valence-corrected chi connectivity index (χ3v) is 3.85. The Kier molecular flexibility index (Phi) is 3.69. The summed E-state index contributed by atoms with van der Waals surface area (Å²) < 4.78 is 0. The van der Waals surface area contributed by atoms with Gasteiger partial charge in [-0.2, -0.15) is 0 Å².